The molecule has 9 heteroatoms. The first-order chi connectivity index (χ1) is 17.4. The minimum absolute atomic E-state index is 0.0298. The number of nitrogens with zero attached hydrogens (tertiary/aromatic N) is 2. The molecule has 1 saturated carbocycles. The van der Waals surface area contributed by atoms with Gasteiger partial charge < -0.3 is 24.8 Å². The van der Waals surface area contributed by atoms with Crippen molar-refractivity contribution < 1.29 is 9.53 Å². The van der Waals surface area contributed by atoms with Crippen molar-refractivity contribution in [2.45, 2.75) is 44.2 Å². The van der Waals surface area contributed by atoms with E-state index in [2.05, 4.69) is 38.4 Å². The Balaban J connectivity index is 1.52. The summed E-state index contributed by atoms with van der Waals surface area (Å²) in [7, 11) is 3.74. The zero-order valence-corrected chi connectivity index (χ0v) is 22.5. The molecule has 1 aliphatic carbocycles. The molecule has 1 aliphatic heterocycles. The molecule has 0 amide bonds. The second-order valence-electron chi connectivity index (χ2n) is 9.66. The van der Waals surface area contributed by atoms with Crippen LogP contribution in [0, 0.1) is 16.7 Å². The first-order valence-electron chi connectivity index (χ1n) is 12.4. The molecular weight excluding hydrogens is 520 g/mol. The third-order valence-electron chi connectivity index (χ3n) is 7.22. The summed E-state index contributed by atoms with van der Waals surface area (Å²) >= 11 is 3.68. The van der Waals surface area contributed by atoms with Crippen LogP contribution in [-0.4, -0.2) is 61.7 Å². The molecule has 2 heterocycles. The Hall–Kier alpha value is -2.75. The lowest BCUT2D eigenvalue weighted by molar-refractivity contribution is 0.111. The normalized spacial score (nSPS) is 19.0. The summed E-state index contributed by atoms with van der Waals surface area (Å²) in [6, 6.07) is 10.6. The van der Waals surface area contributed by atoms with E-state index >= 15 is 0 Å². The standard InChI is InChI=1S/C27H35BrN6O2/c1-33(14-24(28)23-12-21(32-25(23)15-35)13-31-20-9-10-36-16-20)22-8-4-7-19(11-22)26(18-5-3-6-18)27(30)34(2)17-29/h4,7-8,11-12,14-15,17-18,20,26,29-32H,3,5-6,9-10,13,16H2,1-2H3/b24-14+,29-17?,30-27?/t20-,26?/m1/s1. The Morgan fingerprint density at radius 1 is 1.31 bits per heavy atom. The van der Waals surface area contributed by atoms with Crippen LogP contribution in [0.25, 0.3) is 4.48 Å². The van der Waals surface area contributed by atoms with Gasteiger partial charge in [-0.05, 0) is 64.9 Å². The summed E-state index contributed by atoms with van der Waals surface area (Å²) in [5.74, 6) is 0.859. The number of halogens is 1. The van der Waals surface area contributed by atoms with Gasteiger partial charge in [0.1, 0.15) is 5.84 Å². The van der Waals surface area contributed by atoms with E-state index in [0.29, 0.717) is 30.0 Å². The molecule has 4 rings (SSSR count). The van der Waals surface area contributed by atoms with Gasteiger partial charge in [0.15, 0.2) is 6.29 Å². The van der Waals surface area contributed by atoms with Gasteiger partial charge in [-0.1, -0.05) is 18.6 Å². The number of nitrogens with one attached hydrogen (secondary N) is 4. The van der Waals surface area contributed by atoms with Crippen LogP contribution in [-0.2, 0) is 11.3 Å². The van der Waals surface area contributed by atoms with Crippen molar-refractivity contribution in [2.75, 3.05) is 32.2 Å². The minimum Gasteiger partial charge on any atom is -0.380 e. The van der Waals surface area contributed by atoms with Crippen molar-refractivity contribution in [2.24, 2.45) is 5.92 Å². The van der Waals surface area contributed by atoms with E-state index in [1.807, 2.05) is 36.3 Å². The molecule has 1 saturated heterocycles. The molecule has 0 radical (unpaired) electrons. The maximum Gasteiger partial charge on any atom is 0.166 e. The molecule has 4 N–H and O–H groups in total. The first-order valence-corrected chi connectivity index (χ1v) is 13.2. The van der Waals surface area contributed by atoms with Crippen LogP contribution in [0.4, 0.5) is 5.69 Å². The molecule has 2 fully saturated rings. The fourth-order valence-electron chi connectivity index (χ4n) is 4.83. The molecule has 2 aromatic rings. The molecule has 1 aromatic heterocycles. The van der Waals surface area contributed by atoms with Crippen molar-refractivity contribution in [3.8, 4) is 0 Å². The molecule has 8 nitrogen and oxygen atoms in total. The number of amidine groups is 1. The Morgan fingerprint density at radius 3 is 2.75 bits per heavy atom. The number of carbonyl (C=O) groups is 1. The average molecular weight is 556 g/mol. The van der Waals surface area contributed by atoms with Crippen LogP contribution >= 0.6 is 15.9 Å². The fraction of sp³-hybridized carbons (Fsp3) is 0.444. The maximum atomic E-state index is 11.7. The molecule has 36 heavy (non-hydrogen) atoms. The van der Waals surface area contributed by atoms with E-state index in [0.717, 1.165) is 65.8 Å². The van der Waals surface area contributed by atoms with Gasteiger partial charge in [0.2, 0.25) is 0 Å². The number of aromatic nitrogens is 1. The largest absolute Gasteiger partial charge is 0.380 e. The zero-order chi connectivity index (χ0) is 25.7. The Labute approximate surface area is 221 Å². The van der Waals surface area contributed by atoms with Crippen molar-refractivity contribution in [3.05, 3.63) is 59.0 Å². The lowest BCUT2D eigenvalue weighted by atomic mass is 9.72. The van der Waals surface area contributed by atoms with Crippen molar-refractivity contribution in [3.63, 3.8) is 0 Å². The van der Waals surface area contributed by atoms with Gasteiger partial charge in [0, 0.05) is 66.8 Å². The van der Waals surface area contributed by atoms with Gasteiger partial charge in [-0.2, -0.15) is 0 Å². The lowest BCUT2D eigenvalue weighted by Gasteiger charge is -2.36. The number of carbonyl (C=O) groups excluding carboxylic acids is 1. The van der Waals surface area contributed by atoms with Crippen molar-refractivity contribution >= 4 is 44.6 Å². The maximum absolute atomic E-state index is 11.7. The van der Waals surface area contributed by atoms with Crippen LogP contribution in [0.1, 0.15) is 58.9 Å². The molecule has 192 valence electrons. The van der Waals surface area contributed by atoms with Gasteiger partial charge in [-0.3, -0.25) is 15.6 Å². The number of benzene rings is 1. The molecule has 1 aromatic carbocycles. The number of rotatable bonds is 11. The lowest BCUT2D eigenvalue weighted by Crippen LogP contribution is -2.36. The molecular formula is C27H35BrN6O2. The summed E-state index contributed by atoms with van der Waals surface area (Å²) in [4.78, 5) is 18.6. The fourth-order valence-corrected chi connectivity index (χ4v) is 5.47. The van der Waals surface area contributed by atoms with Gasteiger partial charge >= 0.3 is 0 Å². The Morgan fingerprint density at radius 2 is 2.11 bits per heavy atom. The Kier molecular flexibility index (Phi) is 8.77. The number of H-pyrrole nitrogens is 1. The summed E-state index contributed by atoms with van der Waals surface area (Å²) in [5.41, 5.74) is 4.38. The van der Waals surface area contributed by atoms with E-state index in [1.54, 1.807) is 11.9 Å². The highest BCUT2D eigenvalue weighted by molar-refractivity contribution is 9.15. The number of hydrogen-bond donors (Lipinski definition) is 4. The minimum atomic E-state index is -0.0298. The van der Waals surface area contributed by atoms with Gasteiger partial charge in [0.05, 0.1) is 18.6 Å². The van der Waals surface area contributed by atoms with E-state index < -0.39 is 0 Å². The second kappa shape index (κ2) is 12.0. The van der Waals surface area contributed by atoms with E-state index in [9.17, 15) is 4.79 Å². The monoisotopic (exact) mass is 554 g/mol. The molecule has 1 unspecified atom stereocenters. The third-order valence-corrected chi connectivity index (χ3v) is 7.85. The molecule has 0 bridgehead atoms. The predicted octanol–water partition coefficient (Wildman–Crippen LogP) is 4.94. The van der Waals surface area contributed by atoms with Crippen LogP contribution in [0.15, 0.2) is 36.5 Å². The topological polar surface area (TPSA) is 108 Å². The van der Waals surface area contributed by atoms with Gasteiger partial charge in [-0.15, -0.1) is 0 Å². The number of aromatic amines is 1. The number of likely N-dealkylation sites (N-methyl/N-ethyl adjacent to an activating group) is 1. The van der Waals surface area contributed by atoms with E-state index in [4.69, 9.17) is 15.6 Å². The average Bonchev–Trinajstić information content (AvgIpc) is 3.53. The van der Waals surface area contributed by atoms with Crippen LogP contribution in [0.2, 0.25) is 0 Å². The van der Waals surface area contributed by atoms with Crippen molar-refractivity contribution in [1.82, 2.24) is 15.2 Å². The SMILES string of the molecule is CN(C=N)C(=N)C(c1cccc(N(C)/C=C(/Br)c2cc(CN[C@@H]3CCOC3)[nH]c2C=O)c1)C1CCC1. The molecule has 0 spiro atoms. The van der Waals surface area contributed by atoms with E-state index in [1.165, 1.54) is 12.8 Å². The zero-order valence-electron chi connectivity index (χ0n) is 20.9. The summed E-state index contributed by atoms with van der Waals surface area (Å²) in [6.07, 6.45) is 8.43. The molecule has 2 aliphatic rings. The van der Waals surface area contributed by atoms with Gasteiger partial charge in [0.25, 0.3) is 0 Å². The van der Waals surface area contributed by atoms with Gasteiger partial charge in [-0.25, -0.2) is 0 Å². The first kappa shape index (κ1) is 26.3. The summed E-state index contributed by atoms with van der Waals surface area (Å²) in [6.45, 7) is 2.16. The number of hydrogen-bond acceptors (Lipinski definition) is 6. The highest BCUT2D eigenvalue weighted by atomic mass is 79.9. The highest BCUT2D eigenvalue weighted by Crippen LogP contribution is 2.41. The van der Waals surface area contributed by atoms with E-state index in [-0.39, 0.29) is 5.92 Å². The predicted molar refractivity (Wildman–Crippen MR) is 148 cm³/mol. The van der Waals surface area contributed by atoms with Crippen molar-refractivity contribution in [1.29, 1.82) is 10.8 Å². The second-order valence-corrected chi connectivity index (χ2v) is 10.5. The summed E-state index contributed by atoms with van der Waals surface area (Å²) < 4.78 is 6.22. The highest BCUT2D eigenvalue weighted by Gasteiger charge is 2.33. The Bertz CT molecular complexity index is 1120. The molecule has 2 atom stereocenters. The number of ether oxygens (including phenoxy) is 1. The number of aldehydes is 1. The quantitative estimate of drug-likeness (QED) is 0.179. The summed E-state index contributed by atoms with van der Waals surface area (Å²) in [5, 5.41) is 19.7. The van der Waals surface area contributed by atoms with Crippen LogP contribution in [0.5, 0.6) is 0 Å². The number of anilines is 1. The van der Waals surface area contributed by atoms with Crippen LogP contribution in [0.3, 0.4) is 0 Å². The smallest absolute Gasteiger partial charge is 0.166 e. The third kappa shape index (κ3) is 5.96. The van der Waals surface area contributed by atoms with Crippen LogP contribution < -0.4 is 10.2 Å².